The molecule has 0 aliphatic rings. The number of rotatable bonds is 2. The van der Waals surface area contributed by atoms with E-state index in [4.69, 9.17) is 10.2 Å². The molecule has 0 heterocycles. The van der Waals surface area contributed by atoms with Gasteiger partial charge in [0.1, 0.15) is 0 Å². The molecule has 25 heavy (non-hydrogen) atoms. The van der Waals surface area contributed by atoms with E-state index < -0.39 is 23.4 Å². The van der Waals surface area contributed by atoms with E-state index in [1.165, 1.54) is 24.3 Å². The Kier molecular flexibility index (Phi) is 10.3. The second-order valence-corrected chi connectivity index (χ2v) is 7.68. The van der Waals surface area contributed by atoms with E-state index >= 15 is 0 Å². The molecule has 137 valence electrons. The van der Waals surface area contributed by atoms with Crippen LogP contribution in [0.1, 0.15) is 20.7 Å². The van der Waals surface area contributed by atoms with E-state index in [0.717, 1.165) is 0 Å². The van der Waals surface area contributed by atoms with E-state index in [0.29, 0.717) is 8.95 Å². The molecule has 0 spiro atoms. The summed E-state index contributed by atoms with van der Waals surface area (Å²) in [6, 6.07) is 5.56. The summed E-state index contributed by atoms with van der Waals surface area (Å²) in [5.74, 6) is -3.46. The van der Waals surface area contributed by atoms with Crippen LogP contribution in [0.2, 0.25) is 0 Å². The minimum absolute atomic E-state index is 0. The van der Waals surface area contributed by atoms with Gasteiger partial charge in [-0.15, -0.1) is 0 Å². The van der Waals surface area contributed by atoms with Crippen molar-refractivity contribution in [3.63, 3.8) is 0 Å². The monoisotopic (exact) mass is 649 g/mol. The van der Waals surface area contributed by atoms with Crippen LogP contribution in [0.25, 0.3) is 0 Å². The Morgan fingerprint density at radius 2 is 1.00 bits per heavy atom. The number of hydrogen-bond acceptors (Lipinski definition) is 4. The summed E-state index contributed by atoms with van der Waals surface area (Å²) in [7, 11) is 0. The van der Waals surface area contributed by atoms with Gasteiger partial charge in [0, 0.05) is 17.9 Å². The Hall–Kier alpha value is -0.581. The molecule has 0 bridgehead atoms. The average molecular weight is 653 g/mol. The molecule has 11 heteroatoms. The van der Waals surface area contributed by atoms with Crippen LogP contribution < -0.4 is 10.2 Å². The third kappa shape index (κ3) is 6.91. The van der Waals surface area contributed by atoms with Gasteiger partial charge in [-0.05, 0) is 24.3 Å². The van der Waals surface area contributed by atoms with E-state index in [2.05, 4.69) is 63.7 Å². The zero-order chi connectivity index (χ0) is 18.6. The number of benzene rings is 2. The zero-order valence-electron chi connectivity index (χ0n) is 11.7. The third-order valence-electron chi connectivity index (χ3n) is 2.48. The zero-order valence-corrected chi connectivity index (χ0v) is 18.9. The van der Waals surface area contributed by atoms with Crippen molar-refractivity contribution in [1.29, 1.82) is 0 Å². The van der Waals surface area contributed by atoms with Crippen LogP contribution in [0.5, 0.6) is 11.5 Å². The standard InChI is InChI=1S/2C7H4Br2O3.Cu/c2*8-3-1-4(7(11)12)6(10)5(9)2-3;/h2*1-2,10H,(H,11,12);/q;;+2/p-2. The minimum atomic E-state index is -1.22. The quantitative estimate of drug-likeness (QED) is 0.474. The summed E-state index contributed by atoms with van der Waals surface area (Å²) in [6.45, 7) is 0. The van der Waals surface area contributed by atoms with Crippen LogP contribution in [0.4, 0.5) is 0 Å². The predicted octanol–water partition coefficient (Wildman–Crippen LogP) is 3.96. The Morgan fingerprint density at radius 3 is 1.24 bits per heavy atom. The second kappa shape index (κ2) is 10.5. The molecule has 1 radical (unpaired) electrons. The van der Waals surface area contributed by atoms with Crippen molar-refractivity contribution < 1.29 is 47.1 Å². The van der Waals surface area contributed by atoms with Crippen molar-refractivity contribution in [1.82, 2.24) is 0 Å². The minimum Gasteiger partial charge on any atom is -0.871 e. The first-order valence-electron chi connectivity index (χ1n) is 5.83. The van der Waals surface area contributed by atoms with Gasteiger partial charge in [0.2, 0.25) is 0 Å². The molecule has 0 saturated heterocycles. The number of carboxylic acids is 2. The molecule has 0 aromatic heterocycles. The Morgan fingerprint density at radius 1 is 0.720 bits per heavy atom. The fourth-order valence-corrected chi connectivity index (χ4v) is 3.89. The maximum Gasteiger partial charge on any atom is 2.00 e. The second-order valence-electron chi connectivity index (χ2n) is 4.14. The fraction of sp³-hybridized carbons (Fsp3) is 0. The van der Waals surface area contributed by atoms with Crippen LogP contribution in [0, 0.1) is 0 Å². The molecule has 6 nitrogen and oxygen atoms in total. The topological polar surface area (TPSA) is 121 Å². The molecule has 0 unspecified atom stereocenters. The molecule has 0 aliphatic heterocycles. The van der Waals surface area contributed by atoms with Gasteiger partial charge in [-0.1, -0.05) is 75.2 Å². The van der Waals surface area contributed by atoms with Crippen molar-refractivity contribution >= 4 is 75.7 Å². The van der Waals surface area contributed by atoms with Gasteiger partial charge in [-0.2, -0.15) is 0 Å². The Labute approximate surface area is 186 Å². The van der Waals surface area contributed by atoms with E-state index in [-0.39, 0.29) is 37.1 Å². The molecule has 0 fully saturated rings. The first kappa shape index (κ1) is 24.4. The van der Waals surface area contributed by atoms with Crippen molar-refractivity contribution in [3.8, 4) is 11.5 Å². The van der Waals surface area contributed by atoms with Crippen molar-refractivity contribution in [2.75, 3.05) is 0 Å². The van der Waals surface area contributed by atoms with Crippen LogP contribution >= 0.6 is 63.7 Å². The van der Waals surface area contributed by atoms with Gasteiger partial charge in [-0.3, -0.25) is 0 Å². The summed E-state index contributed by atoms with van der Waals surface area (Å²) >= 11 is 12.1. The fourth-order valence-electron chi connectivity index (χ4n) is 1.44. The van der Waals surface area contributed by atoms with Gasteiger partial charge >= 0.3 is 29.0 Å². The van der Waals surface area contributed by atoms with Crippen LogP contribution in [-0.4, -0.2) is 22.2 Å². The molecule has 0 amide bonds. The van der Waals surface area contributed by atoms with E-state index in [1.807, 2.05) is 0 Å². The summed E-state index contributed by atoms with van der Waals surface area (Å²) in [4.78, 5) is 21.0. The SMILES string of the molecule is O=C(O)c1cc(Br)cc(Br)c1[O-].O=C(O)c1cc(Br)cc(Br)c1[O-].[Cu+2]. The van der Waals surface area contributed by atoms with Gasteiger partial charge < -0.3 is 20.4 Å². The van der Waals surface area contributed by atoms with Gasteiger partial charge in [0.15, 0.2) is 0 Å². The largest absolute Gasteiger partial charge is 2.00 e. The van der Waals surface area contributed by atoms with Gasteiger partial charge in [-0.25, -0.2) is 9.59 Å². The first-order chi connectivity index (χ1) is 11.0. The Bertz CT molecular complexity index is 745. The van der Waals surface area contributed by atoms with Crippen LogP contribution in [0.15, 0.2) is 42.2 Å². The number of carboxylic acid groups (broad SMARTS) is 2. The number of carbonyl (C=O) groups is 2. The maximum atomic E-state index is 11.1. The van der Waals surface area contributed by atoms with Crippen molar-refractivity contribution in [3.05, 3.63) is 53.3 Å². The molecule has 2 aromatic carbocycles. The molecule has 2 aromatic rings. The van der Waals surface area contributed by atoms with E-state index in [1.54, 1.807) is 0 Å². The summed E-state index contributed by atoms with van der Waals surface area (Å²) in [5, 5.41) is 39.4. The average Bonchev–Trinajstić information content (AvgIpc) is 2.46. The number of aromatic carboxylic acids is 2. The van der Waals surface area contributed by atoms with Crippen LogP contribution in [-0.2, 0) is 17.1 Å². The molecule has 0 atom stereocenters. The molecular weight excluding hydrogens is 647 g/mol. The maximum absolute atomic E-state index is 11.1. The van der Waals surface area contributed by atoms with Gasteiger partial charge in [0.25, 0.3) is 0 Å². The molecular formula is C14H6Br4CuO6. The normalized spacial score (nSPS) is 9.44. The molecule has 2 rings (SSSR count). The predicted molar refractivity (Wildman–Crippen MR) is 96.5 cm³/mol. The Balaban J connectivity index is 0.000000443. The van der Waals surface area contributed by atoms with Crippen LogP contribution in [0.3, 0.4) is 0 Å². The summed E-state index contributed by atoms with van der Waals surface area (Å²) in [5.41, 5.74) is -0.479. The first-order valence-corrected chi connectivity index (χ1v) is 9.00. The molecule has 0 aliphatic carbocycles. The third-order valence-corrected chi connectivity index (χ3v) is 4.57. The summed E-state index contributed by atoms with van der Waals surface area (Å²) in [6.07, 6.45) is 0. The smallest absolute Gasteiger partial charge is 0.871 e. The van der Waals surface area contributed by atoms with Crippen molar-refractivity contribution in [2.24, 2.45) is 0 Å². The molecule has 0 saturated carbocycles. The van der Waals surface area contributed by atoms with Crippen molar-refractivity contribution in [2.45, 2.75) is 0 Å². The molecule has 2 N–H and O–H groups in total. The summed E-state index contributed by atoms with van der Waals surface area (Å²) < 4.78 is 1.61. The van der Waals surface area contributed by atoms with Gasteiger partial charge in [0.05, 0.1) is 11.1 Å². The number of hydrogen-bond donors (Lipinski definition) is 2. The number of halogens is 4. The van der Waals surface area contributed by atoms with E-state index in [9.17, 15) is 19.8 Å².